The van der Waals surface area contributed by atoms with Crippen molar-refractivity contribution in [1.29, 1.82) is 0 Å². The van der Waals surface area contributed by atoms with Gasteiger partial charge in [-0.3, -0.25) is 4.72 Å². The Hall–Kier alpha value is -0.480. The van der Waals surface area contributed by atoms with E-state index in [1.807, 2.05) is 0 Å². The number of anilines is 1. The van der Waals surface area contributed by atoms with Crippen molar-refractivity contribution in [3.8, 4) is 0 Å². The van der Waals surface area contributed by atoms with Crippen LogP contribution in [-0.2, 0) is 16.6 Å². The predicted octanol–water partition coefficient (Wildman–Crippen LogP) is 3.93. The molecular formula is C12H11Br2FN2O2S2. The zero-order valence-corrected chi connectivity index (χ0v) is 15.6. The average Bonchev–Trinajstić information content (AvgIpc) is 2.75. The molecule has 0 aliphatic heterocycles. The molecule has 0 unspecified atom stereocenters. The second-order valence-electron chi connectivity index (χ2n) is 4.11. The zero-order valence-electron chi connectivity index (χ0n) is 10.8. The van der Waals surface area contributed by atoms with E-state index in [9.17, 15) is 12.8 Å². The number of benzene rings is 1. The molecule has 0 radical (unpaired) electrons. The quantitative estimate of drug-likeness (QED) is 0.714. The van der Waals surface area contributed by atoms with Crippen LogP contribution >= 0.6 is 43.2 Å². The van der Waals surface area contributed by atoms with Crippen LogP contribution in [0, 0.1) is 5.82 Å². The minimum absolute atomic E-state index is 0.161. The van der Waals surface area contributed by atoms with E-state index in [4.69, 9.17) is 0 Å². The molecular weight excluding hydrogens is 447 g/mol. The smallest absolute Gasteiger partial charge is 0.263 e. The van der Waals surface area contributed by atoms with Crippen LogP contribution in [-0.4, -0.2) is 15.5 Å². The topological polar surface area (TPSA) is 58.2 Å². The van der Waals surface area contributed by atoms with Gasteiger partial charge in [0, 0.05) is 15.9 Å². The van der Waals surface area contributed by atoms with Crippen molar-refractivity contribution in [1.82, 2.24) is 5.32 Å². The maximum Gasteiger partial charge on any atom is 0.263 e. The third kappa shape index (κ3) is 4.04. The van der Waals surface area contributed by atoms with Crippen LogP contribution in [0.4, 0.5) is 10.1 Å². The molecule has 114 valence electrons. The summed E-state index contributed by atoms with van der Waals surface area (Å²) in [6, 6.07) is 5.36. The average molecular weight is 458 g/mol. The van der Waals surface area contributed by atoms with Crippen molar-refractivity contribution in [2.75, 3.05) is 11.8 Å². The van der Waals surface area contributed by atoms with Gasteiger partial charge in [-0.25, -0.2) is 12.8 Å². The molecule has 0 spiro atoms. The Kier molecular flexibility index (Phi) is 5.42. The van der Waals surface area contributed by atoms with Gasteiger partial charge in [0.05, 0.1) is 9.47 Å². The van der Waals surface area contributed by atoms with Gasteiger partial charge in [-0.1, -0.05) is 0 Å². The fourth-order valence-corrected chi connectivity index (χ4v) is 5.97. The van der Waals surface area contributed by atoms with E-state index in [2.05, 4.69) is 41.9 Å². The third-order valence-electron chi connectivity index (χ3n) is 2.52. The summed E-state index contributed by atoms with van der Waals surface area (Å²) in [5.74, 6) is -0.446. The van der Waals surface area contributed by atoms with Gasteiger partial charge in [0.15, 0.2) is 0 Å². The van der Waals surface area contributed by atoms with E-state index in [1.165, 1.54) is 29.5 Å². The van der Waals surface area contributed by atoms with E-state index in [0.29, 0.717) is 14.8 Å². The monoisotopic (exact) mass is 456 g/mol. The third-order valence-corrected chi connectivity index (χ3v) is 6.80. The standard InChI is InChI=1S/C12H11Br2FN2O2S2/c1-16-6-8-5-11(12(14)20-8)21(18,19)17-10-3-2-7(15)4-9(10)13/h2-5,16-17H,6H2,1H3. The molecule has 2 N–H and O–H groups in total. The molecule has 0 aliphatic carbocycles. The highest BCUT2D eigenvalue weighted by atomic mass is 79.9. The van der Waals surface area contributed by atoms with Crippen LogP contribution in [0.3, 0.4) is 0 Å². The van der Waals surface area contributed by atoms with E-state index in [1.54, 1.807) is 13.1 Å². The van der Waals surface area contributed by atoms with E-state index < -0.39 is 15.8 Å². The highest BCUT2D eigenvalue weighted by molar-refractivity contribution is 9.11. The summed E-state index contributed by atoms with van der Waals surface area (Å²) in [4.78, 5) is 1.05. The normalized spacial score (nSPS) is 11.6. The van der Waals surface area contributed by atoms with Gasteiger partial charge in [-0.2, -0.15) is 0 Å². The van der Waals surface area contributed by atoms with Crippen molar-refractivity contribution in [3.05, 3.63) is 43.2 Å². The molecule has 0 saturated carbocycles. The lowest BCUT2D eigenvalue weighted by Crippen LogP contribution is -2.13. The van der Waals surface area contributed by atoms with Gasteiger partial charge in [0.25, 0.3) is 10.0 Å². The number of halogens is 3. The largest absolute Gasteiger partial charge is 0.315 e. The number of rotatable bonds is 5. The summed E-state index contributed by atoms with van der Waals surface area (Å²) >= 11 is 7.75. The summed E-state index contributed by atoms with van der Waals surface area (Å²) in [6.45, 7) is 0.582. The van der Waals surface area contributed by atoms with Crippen molar-refractivity contribution < 1.29 is 12.8 Å². The first-order valence-corrected chi connectivity index (χ1v) is 9.62. The van der Waals surface area contributed by atoms with Gasteiger partial charge in [0.2, 0.25) is 0 Å². The Labute approximate surface area is 143 Å². The minimum Gasteiger partial charge on any atom is -0.315 e. The maximum atomic E-state index is 13.0. The Morgan fingerprint density at radius 2 is 2.00 bits per heavy atom. The molecule has 0 atom stereocenters. The summed E-state index contributed by atoms with van der Waals surface area (Å²) < 4.78 is 41.2. The fourth-order valence-electron chi connectivity index (χ4n) is 1.61. The molecule has 21 heavy (non-hydrogen) atoms. The fraction of sp³-hybridized carbons (Fsp3) is 0.167. The summed E-state index contributed by atoms with van der Waals surface area (Å²) in [7, 11) is -1.96. The number of hydrogen-bond acceptors (Lipinski definition) is 4. The molecule has 1 aromatic carbocycles. The Morgan fingerprint density at radius 1 is 1.29 bits per heavy atom. The number of nitrogens with one attached hydrogen (secondary N) is 2. The minimum atomic E-state index is -3.74. The molecule has 2 aromatic rings. The molecule has 0 fully saturated rings. The highest BCUT2D eigenvalue weighted by Crippen LogP contribution is 2.34. The number of thiophene rings is 1. The van der Waals surface area contributed by atoms with Crippen LogP contribution in [0.15, 0.2) is 37.4 Å². The first-order valence-electron chi connectivity index (χ1n) is 5.74. The van der Waals surface area contributed by atoms with Gasteiger partial charge in [-0.05, 0) is 63.2 Å². The molecule has 1 aromatic heterocycles. The lowest BCUT2D eigenvalue weighted by molar-refractivity contribution is 0.600. The second kappa shape index (κ2) is 6.74. The van der Waals surface area contributed by atoms with Crippen LogP contribution in [0.2, 0.25) is 0 Å². The van der Waals surface area contributed by atoms with Crippen LogP contribution in [0.25, 0.3) is 0 Å². The van der Waals surface area contributed by atoms with Crippen LogP contribution < -0.4 is 10.0 Å². The van der Waals surface area contributed by atoms with E-state index in [-0.39, 0.29) is 10.6 Å². The Morgan fingerprint density at radius 3 is 2.62 bits per heavy atom. The maximum absolute atomic E-state index is 13.0. The van der Waals surface area contributed by atoms with E-state index in [0.717, 1.165) is 4.88 Å². The lowest BCUT2D eigenvalue weighted by Gasteiger charge is -2.09. The number of hydrogen-bond donors (Lipinski definition) is 2. The zero-order chi connectivity index (χ0) is 15.6. The van der Waals surface area contributed by atoms with Gasteiger partial charge >= 0.3 is 0 Å². The first kappa shape index (κ1) is 16.9. The van der Waals surface area contributed by atoms with Crippen LogP contribution in [0.5, 0.6) is 0 Å². The van der Waals surface area contributed by atoms with Crippen molar-refractivity contribution in [3.63, 3.8) is 0 Å². The van der Waals surface area contributed by atoms with Gasteiger partial charge in [0.1, 0.15) is 10.7 Å². The van der Waals surface area contributed by atoms with Gasteiger partial charge in [-0.15, -0.1) is 11.3 Å². The molecule has 4 nitrogen and oxygen atoms in total. The molecule has 0 bridgehead atoms. The Balaban J connectivity index is 2.34. The van der Waals surface area contributed by atoms with Crippen molar-refractivity contribution in [2.24, 2.45) is 0 Å². The SMILES string of the molecule is CNCc1cc(S(=O)(=O)Nc2ccc(F)cc2Br)c(Br)s1. The highest BCUT2D eigenvalue weighted by Gasteiger charge is 2.21. The predicted molar refractivity (Wildman–Crippen MR) is 89.7 cm³/mol. The molecule has 1 heterocycles. The molecule has 0 saturated heterocycles. The molecule has 2 rings (SSSR count). The Bertz CT molecular complexity index is 763. The molecule has 9 heteroatoms. The molecule has 0 amide bonds. The van der Waals surface area contributed by atoms with Crippen molar-refractivity contribution in [2.45, 2.75) is 11.4 Å². The van der Waals surface area contributed by atoms with Gasteiger partial charge < -0.3 is 5.32 Å². The number of sulfonamides is 1. The molecule has 0 aliphatic rings. The summed E-state index contributed by atoms with van der Waals surface area (Å²) in [5.41, 5.74) is 0.282. The summed E-state index contributed by atoms with van der Waals surface area (Å²) in [6.07, 6.45) is 0. The van der Waals surface area contributed by atoms with Crippen LogP contribution in [0.1, 0.15) is 4.88 Å². The summed E-state index contributed by atoms with van der Waals surface area (Å²) in [5, 5.41) is 2.97. The van der Waals surface area contributed by atoms with E-state index >= 15 is 0 Å². The first-order chi connectivity index (χ1) is 9.83. The lowest BCUT2D eigenvalue weighted by atomic mass is 10.3. The second-order valence-corrected chi connectivity index (χ2v) is 9.07. The van der Waals surface area contributed by atoms with Crippen molar-refractivity contribution >= 4 is 58.9 Å².